The zero-order chi connectivity index (χ0) is 12.5. The Morgan fingerprint density at radius 1 is 1.38 bits per heavy atom. The van der Waals surface area contributed by atoms with Crippen LogP contribution in [0.5, 0.6) is 0 Å². The molecule has 0 aliphatic rings. The van der Waals surface area contributed by atoms with E-state index in [2.05, 4.69) is 4.98 Å². The van der Waals surface area contributed by atoms with Crippen molar-refractivity contribution in [2.24, 2.45) is 0 Å². The minimum Gasteiger partial charge on any atom is -0.249 e. The molecule has 0 saturated heterocycles. The van der Waals surface area contributed by atoms with Crippen LogP contribution in [0.1, 0.15) is 23.4 Å². The second-order valence-corrected chi connectivity index (χ2v) is 4.21. The molecule has 1 aromatic heterocycles. The molecule has 0 N–H and O–H groups in total. The average molecular weight is 371 g/mol. The SMILES string of the molecule is FC(F)c1nc(CCl)c(I)cc1C(F)(F)F. The number of pyridine rings is 1. The third kappa shape index (κ3) is 2.93. The first-order valence-electron chi connectivity index (χ1n) is 3.88. The van der Waals surface area contributed by atoms with Gasteiger partial charge in [-0.1, -0.05) is 0 Å². The van der Waals surface area contributed by atoms with Crippen LogP contribution < -0.4 is 0 Å². The first-order chi connectivity index (χ1) is 7.27. The zero-order valence-electron chi connectivity index (χ0n) is 7.45. The van der Waals surface area contributed by atoms with Gasteiger partial charge < -0.3 is 0 Å². The molecule has 1 aromatic rings. The molecule has 0 amide bonds. The van der Waals surface area contributed by atoms with Crippen molar-refractivity contribution in [2.45, 2.75) is 18.5 Å². The Bertz CT molecular complexity index is 393. The van der Waals surface area contributed by atoms with Gasteiger partial charge in [0.05, 0.1) is 17.1 Å². The molecule has 0 aromatic carbocycles. The molecule has 0 bridgehead atoms. The third-order valence-corrected chi connectivity index (χ3v) is 2.90. The van der Waals surface area contributed by atoms with Crippen molar-refractivity contribution in [2.75, 3.05) is 0 Å². The fourth-order valence-corrected chi connectivity index (χ4v) is 2.08. The summed E-state index contributed by atoms with van der Waals surface area (Å²) in [5, 5.41) is 0. The highest BCUT2D eigenvalue weighted by Crippen LogP contribution is 2.36. The molecule has 0 aliphatic heterocycles. The lowest BCUT2D eigenvalue weighted by Crippen LogP contribution is -2.13. The fraction of sp³-hybridized carbons (Fsp3) is 0.375. The van der Waals surface area contributed by atoms with Crippen molar-refractivity contribution in [1.82, 2.24) is 4.98 Å². The average Bonchev–Trinajstić information content (AvgIpc) is 2.15. The van der Waals surface area contributed by atoms with Crippen LogP contribution in [0.25, 0.3) is 0 Å². The molecule has 0 spiro atoms. The molecule has 16 heavy (non-hydrogen) atoms. The van der Waals surface area contributed by atoms with Crippen molar-refractivity contribution in [3.8, 4) is 0 Å². The summed E-state index contributed by atoms with van der Waals surface area (Å²) >= 11 is 6.96. The number of hydrogen-bond acceptors (Lipinski definition) is 1. The number of nitrogens with zero attached hydrogens (tertiary/aromatic N) is 1. The third-order valence-electron chi connectivity index (χ3n) is 1.72. The Morgan fingerprint density at radius 3 is 2.31 bits per heavy atom. The molecule has 0 radical (unpaired) electrons. The van der Waals surface area contributed by atoms with Crippen LogP contribution in [0.4, 0.5) is 22.0 Å². The zero-order valence-corrected chi connectivity index (χ0v) is 10.4. The van der Waals surface area contributed by atoms with E-state index in [0.717, 1.165) is 0 Å². The van der Waals surface area contributed by atoms with Gasteiger partial charge in [-0.15, -0.1) is 11.6 Å². The molecule has 1 heterocycles. The molecule has 0 aliphatic carbocycles. The van der Waals surface area contributed by atoms with Crippen molar-refractivity contribution in [3.63, 3.8) is 0 Å². The van der Waals surface area contributed by atoms with E-state index in [9.17, 15) is 22.0 Å². The van der Waals surface area contributed by atoms with Gasteiger partial charge in [0.2, 0.25) is 0 Å². The minimum atomic E-state index is -4.84. The Balaban J connectivity index is 3.42. The lowest BCUT2D eigenvalue weighted by atomic mass is 10.1. The largest absolute Gasteiger partial charge is 0.418 e. The Kier molecular flexibility index (Phi) is 4.33. The lowest BCUT2D eigenvalue weighted by molar-refractivity contribution is -0.140. The van der Waals surface area contributed by atoms with Gasteiger partial charge in [-0.25, -0.2) is 13.8 Å². The van der Waals surface area contributed by atoms with E-state index >= 15 is 0 Å². The van der Waals surface area contributed by atoms with Crippen LogP contribution in [-0.4, -0.2) is 4.98 Å². The number of hydrogen-bond donors (Lipinski definition) is 0. The standard InChI is InChI=1S/C8H4ClF5IN/c9-2-5-4(15)1-3(8(12,13)14)6(16-5)7(10)11/h1,7H,2H2. The van der Waals surface area contributed by atoms with Gasteiger partial charge in [0.1, 0.15) is 5.69 Å². The van der Waals surface area contributed by atoms with E-state index < -0.39 is 23.9 Å². The predicted octanol–water partition coefficient (Wildman–Crippen LogP) is 4.38. The first-order valence-corrected chi connectivity index (χ1v) is 5.49. The Hall–Kier alpha value is -0.180. The number of aromatic nitrogens is 1. The van der Waals surface area contributed by atoms with Gasteiger partial charge in [0.25, 0.3) is 6.43 Å². The number of alkyl halides is 6. The van der Waals surface area contributed by atoms with Gasteiger partial charge in [0.15, 0.2) is 0 Å². The lowest BCUT2D eigenvalue weighted by Gasteiger charge is -2.13. The summed E-state index contributed by atoms with van der Waals surface area (Å²) in [7, 11) is 0. The van der Waals surface area contributed by atoms with Crippen molar-refractivity contribution < 1.29 is 22.0 Å². The number of rotatable bonds is 2. The normalized spacial score (nSPS) is 12.2. The highest BCUT2D eigenvalue weighted by atomic mass is 127. The molecule has 8 heteroatoms. The van der Waals surface area contributed by atoms with Crippen LogP contribution in [0, 0.1) is 3.57 Å². The fourth-order valence-electron chi connectivity index (χ4n) is 1.03. The van der Waals surface area contributed by atoms with Crippen molar-refractivity contribution in [3.05, 3.63) is 26.6 Å². The summed E-state index contributed by atoms with van der Waals surface area (Å²) in [4.78, 5) is 3.25. The molecule has 0 atom stereocenters. The van der Waals surface area contributed by atoms with E-state index in [1.54, 1.807) is 22.6 Å². The highest BCUT2D eigenvalue weighted by molar-refractivity contribution is 14.1. The Labute approximate surface area is 106 Å². The molecule has 0 saturated carbocycles. The molecule has 90 valence electrons. The predicted molar refractivity (Wildman–Crippen MR) is 56.5 cm³/mol. The maximum absolute atomic E-state index is 12.4. The number of halogens is 7. The molecule has 1 nitrogen and oxygen atoms in total. The van der Waals surface area contributed by atoms with Crippen LogP contribution in [0.3, 0.4) is 0 Å². The van der Waals surface area contributed by atoms with E-state index in [4.69, 9.17) is 11.6 Å². The maximum Gasteiger partial charge on any atom is 0.418 e. The summed E-state index contributed by atoms with van der Waals surface area (Å²) in [6.45, 7) is 0. The molecular formula is C8H4ClF5IN. The second kappa shape index (κ2) is 4.99. The maximum atomic E-state index is 12.4. The van der Waals surface area contributed by atoms with E-state index in [1.165, 1.54) is 0 Å². The summed E-state index contributed by atoms with van der Waals surface area (Å²) in [6.07, 6.45) is -8.13. The van der Waals surface area contributed by atoms with Gasteiger partial charge in [-0.05, 0) is 28.7 Å². The summed E-state index contributed by atoms with van der Waals surface area (Å²) in [6, 6.07) is 0.632. The smallest absolute Gasteiger partial charge is 0.249 e. The van der Waals surface area contributed by atoms with Crippen LogP contribution in [0.15, 0.2) is 6.07 Å². The monoisotopic (exact) mass is 371 g/mol. The molecule has 0 unspecified atom stereocenters. The summed E-state index contributed by atoms with van der Waals surface area (Å²) < 4.78 is 62.2. The topological polar surface area (TPSA) is 12.9 Å². The first kappa shape index (κ1) is 13.9. The minimum absolute atomic E-state index is 0.0190. The van der Waals surface area contributed by atoms with Crippen LogP contribution in [0.2, 0.25) is 0 Å². The van der Waals surface area contributed by atoms with E-state index in [-0.39, 0.29) is 15.1 Å². The summed E-state index contributed by atoms with van der Waals surface area (Å²) in [5.41, 5.74) is -2.67. The van der Waals surface area contributed by atoms with Gasteiger partial charge in [0, 0.05) is 3.57 Å². The van der Waals surface area contributed by atoms with Gasteiger partial charge in [-0.3, -0.25) is 0 Å². The van der Waals surface area contributed by atoms with E-state index in [0.29, 0.717) is 6.07 Å². The van der Waals surface area contributed by atoms with Crippen LogP contribution >= 0.6 is 34.2 Å². The van der Waals surface area contributed by atoms with Crippen LogP contribution in [-0.2, 0) is 12.1 Å². The van der Waals surface area contributed by atoms with Crippen molar-refractivity contribution in [1.29, 1.82) is 0 Å². The quantitative estimate of drug-likeness (QED) is 0.427. The van der Waals surface area contributed by atoms with Gasteiger partial charge in [-0.2, -0.15) is 13.2 Å². The van der Waals surface area contributed by atoms with Crippen molar-refractivity contribution >= 4 is 34.2 Å². The van der Waals surface area contributed by atoms with Gasteiger partial charge >= 0.3 is 6.18 Å². The second-order valence-electron chi connectivity index (χ2n) is 2.78. The molecular weight excluding hydrogens is 367 g/mol. The Morgan fingerprint density at radius 2 is 1.94 bits per heavy atom. The molecule has 1 rings (SSSR count). The highest BCUT2D eigenvalue weighted by Gasteiger charge is 2.37. The summed E-state index contributed by atoms with van der Waals surface area (Å²) in [5.74, 6) is -0.212. The van der Waals surface area contributed by atoms with E-state index in [1.807, 2.05) is 0 Å². The molecule has 0 fully saturated rings.